The number of amides is 1. The fraction of sp³-hybridized carbons (Fsp3) is 0.429. The van der Waals surface area contributed by atoms with E-state index in [4.69, 9.17) is 5.11 Å². The van der Waals surface area contributed by atoms with Crippen LogP contribution in [0.15, 0.2) is 29.2 Å². The fourth-order valence-corrected chi connectivity index (χ4v) is 2.86. The van der Waals surface area contributed by atoms with Crippen LogP contribution >= 0.6 is 11.8 Å². The quantitative estimate of drug-likeness (QED) is 0.863. The van der Waals surface area contributed by atoms with Gasteiger partial charge in [-0.1, -0.05) is 0 Å². The topological polar surface area (TPSA) is 57.6 Å². The van der Waals surface area contributed by atoms with Crippen molar-refractivity contribution in [2.75, 3.05) is 12.8 Å². The third kappa shape index (κ3) is 2.76. The molecule has 19 heavy (non-hydrogen) atoms. The third-order valence-electron chi connectivity index (χ3n) is 3.67. The average molecular weight is 279 g/mol. The minimum atomic E-state index is -0.819. The molecular weight excluding hydrogens is 262 g/mol. The number of aliphatic carboxylic acids is 1. The van der Waals surface area contributed by atoms with Crippen molar-refractivity contribution in [1.82, 2.24) is 4.90 Å². The summed E-state index contributed by atoms with van der Waals surface area (Å²) in [5.41, 5.74) is 0.621. The maximum Gasteiger partial charge on any atom is 0.308 e. The Balaban J connectivity index is 2.13. The van der Waals surface area contributed by atoms with Gasteiger partial charge in [-0.3, -0.25) is 9.59 Å². The molecule has 1 fully saturated rings. The van der Waals surface area contributed by atoms with Crippen molar-refractivity contribution >= 4 is 23.6 Å². The first-order valence-corrected chi connectivity index (χ1v) is 7.45. The summed E-state index contributed by atoms with van der Waals surface area (Å²) in [6, 6.07) is 7.18. The summed E-state index contributed by atoms with van der Waals surface area (Å²) in [5.74, 6) is -1.35. The van der Waals surface area contributed by atoms with Crippen LogP contribution < -0.4 is 0 Å². The van der Waals surface area contributed by atoms with Crippen molar-refractivity contribution < 1.29 is 14.7 Å². The number of carboxylic acids is 1. The molecule has 1 aliphatic heterocycles. The number of benzene rings is 1. The maximum absolute atomic E-state index is 12.4. The number of thioether (sulfide) groups is 1. The normalized spacial score (nSPS) is 22.5. The highest BCUT2D eigenvalue weighted by atomic mass is 32.2. The summed E-state index contributed by atoms with van der Waals surface area (Å²) in [7, 11) is 0. The monoisotopic (exact) mass is 279 g/mol. The molecule has 102 valence electrons. The molecule has 2 unspecified atom stereocenters. The predicted octanol–water partition coefficient (Wildman–Crippen LogP) is 2.34. The van der Waals surface area contributed by atoms with Crippen LogP contribution in [-0.4, -0.2) is 40.7 Å². The lowest BCUT2D eigenvalue weighted by Gasteiger charge is -2.23. The molecule has 2 atom stereocenters. The SMILES string of the molecule is CSc1ccc(C(=O)N2CCC(C(=O)O)C2C)cc1. The lowest BCUT2D eigenvalue weighted by atomic mass is 10.0. The van der Waals surface area contributed by atoms with E-state index in [1.807, 2.05) is 18.4 Å². The van der Waals surface area contributed by atoms with Gasteiger partial charge in [-0.05, 0) is 43.9 Å². The summed E-state index contributed by atoms with van der Waals surface area (Å²) < 4.78 is 0. The van der Waals surface area contributed by atoms with E-state index in [-0.39, 0.29) is 11.9 Å². The van der Waals surface area contributed by atoms with E-state index in [2.05, 4.69) is 0 Å². The van der Waals surface area contributed by atoms with E-state index in [1.54, 1.807) is 35.7 Å². The van der Waals surface area contributed by atoms with Gasteiger partial charge in [0, 0.05) is 23.0 Å². The van der Waals surface area contributed by atoms with Gasteiger partial charge >= 0.3 is 5.97 Å². The smallest absolute Gasteiger partial charge is 0.308 e. The first kappa shape index (κ1) is 13.9. The molecule has 0 radical (unpaired) electrons. The van der Waals surface area contributed by atoms with Gasteiger partial charge in [0.05, 0.1) is 5.92 Å². The van der Waals surface area contributed by atoms with Crippen molar-refractivity contribution in [2.24, 2.45) is 5.92 Å². The number of rotatable bonds is 3. The Labute approximate surface area is 116 Å². The van der Waals surface area contributed by atoms with Crippen molar-refractivity contribution in [3.63, 3.8) is 0 Å². The molecule has 0 aromatic heterocycles. The van der Waals surface area contributed by atoms with E-state index >= 15 is 0 Å². The fourth-order valence-electron chi connectivity index (χ4n) is 2.46. The van der Waals surface area contributed by atoms with Gasteiger partial charge in [0.2, 0.25) is 0 Å². The highest BCUT2D eigenvalue weighted by Gasteiger charge is 2.38. The molecule has 1 saturated heterocycles. The van der Waals surface area contributed by atoms with Crippen LogP contribution in [-0.2, 0) is 4.79 Å². The lowest BCUT2D eigenvalue weighted by molar-refractivity contribution is -0.142. The zero-order chi connectivity index (χ0) is 14.0. The molecule has 0 bridgehead atoms. The van der Waals surface area contributed by atoms with Crippen molar-refractivity contribution in [1.29, 1.82) is 0 Å². The summed E-state index contributed by atoms with van der Waals surface area (Å²) in [6.07, 6.45) is 2.52. The van der Waals surface area contributed by atoms with E-state index in [9.17, 15) is 9.59 Å². The Morgan fingerprint density at radius 3 is 2.42 bits per heavy atom. The van der Waals surface area contributed by atoms with Gasteiger partial charge in [0.15, 0.2) is 0 Å². The lowest BCUT2D eigenvalue weighted by Crippen LogP contribution is -2.37. The molecule has 1 aromatic rings. The predicted molar refractivity (Wildman–Crippen MR) is 74.5 cm³/mol. The van der Waals surface area contributed by atoms with Gasteiger partial charge in [0.25, 0.3) is 5.91 Å². The second-order valence-electron chi connectivity index (χ2n) is 4.70. The highest BCUT2D eigenvalue weighted by Crippen LogP contribution is 2.26. The summed E-state index contributed by atoms with van der Waals surface area (Å²) in [6.45, 7) is 2.32. The van der Waals surface area contributed by atoms with Crippen LogP contribution in [0.25, 0.3) is 0 Å². The zero-order valence-corrected chi connectivity index (χ0v) is 11.8. The van der Waals surface area contributed by atoms with Crippen molar-refractivity contribution in [3.05, 3.63) is 29.8 Å². The van der Waals surface area contributed by atoms with Crippen LogP contribution in [0.1, 0.15) is 23.7 Å². The number of hydrogen-bond donors (Lipinski definition) is 1. The molecule has 4 nitrogen and oxygen atoms in total. The molecule has 1 aliphatic rings. The number of carboxylic acid groups (broad SMARTS) is 1. The third-order valence-corrected chi connectivity index (χ3v) is 4.41. The van der Waals surface area contributed by atoms with Crippen LogP contribution in [0.3, 0.4) is 0 Å². The first-order chi connectivity index (χ1) is 9.04. The molecule has 0 spiro atoms. The first-order valence-electron chi connectivity index (χ1n) is 6.22. The maximum atomic E-state index is 12.4. The second kappa shape index (κ2) is 5.65. The average Bonchev–Trinajstić information content (AvgIpc) is 2.80. The van der Waals surface area contributed by atoms with Crippen LogP contribution in [0.4, 0.5) is 0 Å². The zero-order valence-electron chi connectivity index (χ0n) is 11.0. The standard InChI is InChI=1S/C14H17NO3S/c1-9-12(14(17)18)7-8-15(9)13(16)10-3-5-11(19-2)6-4-10/h3-6,9,12H,7-8H2,1-2H3,(H,17,18). The molecule has 1 heterocycles. The summed E-state index contributed by atoms with van der Waals surface area (Å²) in [5, 5.41) is 9.08. The van der Waals surface area contributed by atoms with Crippen molar-refractivity contribution in [2.45, 2.75) is 24.3 Å². The Bertz CT molecular complexity index is 486. The summed E-state index contributed by atoms with van der Waals surface area (Å²) >= 11 is 1.62. The van der Waals surface area contributed by atoms with E-state index in [0.717, 1.165) is 4.90 Å². The molecule has 0 saturated carbocycles. The number of hydrogen-bond acceptors (Lipinski definition) is 3. The van der Waals surface area contributed by atoms with Gasteiger partial charge in [-0.15, -0.1) is 11.8 Å². The highest BCUT2D eigenvalue weighted by molar-refractivity contribution is 7.98. The largest absolute Gasteiger partial charge is 0.481 e. The Morgan fingerprint density at radius 1 is 1.32 bits per heavy atom. The molecule has 1 aromatic carbocycles. The molecule has 1 amide bonds. The van der Waals surface area contributed by atoms with Gasteiger partial charge < -0.3 is 10.0 Å². The van der Waals surface area contributed by atoms with Crippen molar-refractivity contribution in [3.8, 4) is 0 Å². The Hall–Kier alpha value is -1.49. The van der Waals surface area contributed by atoms with E-state index in [0.29, 0.717) is 18.5 Å². The molecule has 5 heteroatoms. The number of carbonyl (C=O) groups is 2. The van der Waals surface area contributed by atoms with Crippen LogP contribution in [0, 0.1) is 5.92 Å². The summed E-state index contributed by atoms with van der Waals surface area (Å²) in [4.78, 5) is 26.2. The minimum absolute atomic E-state index is 0.0797. The van der Waals surface area contributed by atoms with Gasteiger partial charge in [-0.2, -0.15) is 0 Å². The van der Waals surface area contributed by atoms with Crippen LogP contribution in [0.5, 0.6) is 0 Å². The molecule has 2 rings (SSSR count). The number of carbonyl (C=O) groups excluding carboxylic acids is 1. The van der Waals surface area contributed by atoms with E-state index in [1.165, 1.54) is 0 Å². The Kier molecular flexibility index (Phi) is 4.14. The molecule has 1 N–H and O–H groups in total. The van der Waals surface area contributed by atoms with Crippen LogP contribution in [0.2, 0.25) is 0 Å². The van der Waals surface area contributed by atoms with E-state index < -0.39 is 11.9 Å². The molecule has 0 aliphatic carbocycles. The van der Waals surface area contributed by atoms with Gasteiger partial charge in [-0.25, -0.2) is 0 Å². The second-order valence-corrected chi connectivity index (χ2v) is 5.58. The minimum Gasteiger partial charge on any atom is -0.481 e. The Morgan fingerprint density at radius 2 is 1.95 bits per heavy atom. The number of likely N-dealkylation sites (tertiary alicyclic amines) is 1. The number of nitrogens with zero attached hydrogens (tertiary/aromatic N) is 1. The molecular formula is C14H17NO3S. The van der Waals surface area contributed by atoms with Gasteiger partial charge in [0.1, 0.15) is 0 Å².